The van der Waals surface area contributed by atoms with E-state index in [1.54, 1.807) is 29.2 Å². The number of hydrogen-bond acceptors (Lipinski definition) is 4. The van der Waals surface area contributed by atoms with Crippen molar-refractivity contribution in [3.8, 4) is 11.5 Å². The molecule has 0 aromatic heterocycles. The molecule has 1 amide bonds. The fraction of sp³-hybridized carbons (Fsp3) is 0.458. The molecule has 1 saturated heterocycles. The van der Waals surface area contributed by atoms with Crippen molar-refractivity contribution in [2.45, 2.75) is 45.6 Å². The summed E-state index contributed by atoms with van der Waals surface area (Å²) in [6.45, 7) is 7.45. The summed E-state index contributed by atoms with van der Waals surface area (Å²) in [5.41, 5.74) is -0.546. The summed E-state index contributed by atoms with van der Waals surface area (Å²) >= 11 is 0. The van der Waals surface area contributed by atoms with Gasteiger partial charge in [-0.05, 0) is 69.2 Å². The van der Waals surface area contributed by atoms with Crippen LogP contribution < -0.4 is 9.47 Å². The van der Waals surface area contributed by atoms with Crippen molar-refractivity contribution in [1.29, 1.82) is 0 Å². The monoisotopic (exact) mass is 451 g/mol. The minimum absolute atomic E-state index is 0.168. The van der Waals surface area contributed by atoms with Crippen LogP contribution in [-0.2, 0) is 17.5 Å². The molecule has 2 aromatic rings. The highest BCUT2D eigenvalue weighted by molar-refractivity contribution is 5.68. The molecule has 1 aliphatic heterocycles. The molecule has 0 spiro atoms. The molecule has 0 radical (unpaired) electrons. The van der Waals surface area contributed by atoms with Crippen molar-refractivity contribution in [1.82, 2.24) is 4.90 Å². The molecule has 0 aliphatic carbocycles. The van der Waals surface area contributed by atoms with E-state index in [2.05, 4.69) is 0 Å². The number of hydrogen-bond donors (Lipinski definition) is 0. The maximum absolute atomic E-state index is 12.6. The number of carbonyl (C=O) groups excluding carboxylic acids is 1. The van der Waals surface area contributed by atoms with E-state index >= 15 is 0 Å². The van der Waals surface area contributed by atoms with Crippen LogP contribution in [0, 0.1) is 5.92 Å². The average Bonchev–Trinajstić information content (AvgIpc) is 3.19. The second-order valence-electron chi connectivity index (χ2n) is 8.85. The third-order valence-corrected chi connectivity index (χ3v) is 4.93. The van der Waals surface area contributed by atoms with Gasteiger partial charge >= 0.3 is 12.3 Å². The van der Waals surface area contributed by atoms with Crippen LogP contribution in [0.5, 0.6) is 11.5 Å². The number of halogens is 3. The van der Waals surface area contributed by atoms with E-state index < -0.39 is 17.3 Å². The van der Waals surface area contributed by atoms with E-state index in [1.165, 1.54) is 12.1 Å². The number of likely N-dealkylation sites (tertiary alicyclic amines) is 1. The smallest absolute Gasteiger partial charge is 0.416 e. The lowest BCUT2D eigenvalue weighted by Gasteiger charge is -2.24. The van der Waals surface area contributed by atoms with E-state index in [4.69, 9.17) is 14.2 Å². The molecular weight excluding hydrogens is 423 g/mol. The normalized spacial score (nSPS) is 16.7. The fourth-order valence-corrected chi connectivity index (χ4v) is 3.26. The highest BCUT2D eigenvalue weighted by atomic mass is 19.4. The van der Waals surface area contributed by atoms with Crippen LogP contribution in [0.25, 0.3) is 0 Å². The molecule has 5 nitrogen and oxygen atoms in total. The lowest BCUT2D eigenvalue weighted by atomic mass is 10.1. The third kappa shape index (κ3) is 7.07. The minimum Gasteiger partial charge on any atom is -0.493 e. The Morgan fingerprint density at radius 1 is 0.969 bits per heavy atom. The summed E-state index contributed by atoms with van der Waals surface area (Å²) in [6, 6.07) is 12.0. The van der Waals surface area contributed by atoms with Gasteiger partial charge in [0.25, 0.3) is 0 Å². The maximum Gasteiger partial charge on any atom is 0.416 e. The number of carbonyl (C=O) groups is 1. The summed E-state index contributed by atoms with van der Waals surface area (Å²) < 4.78 is 54.7. The standard InChI is InChI=1S/C24H28F3NO4/c1-23(2,3)32-22(29)28-13-12-18(14-28)16-31-21-10-8-20(9-11-21)30-15-17-4-6-19(7-5-17)24(25,26)27/h4-11,18H,12-16H2,1-3H3. The number of nitrogens with zero attached hydrogens (tertiary/aromatic N) is 1. The van der Waals surface area contributed by atoms with Crippen LogP contribution in [-0.4, -0.2) is 36.3 Å². The minimum atomic E-state index is -4.35. The van der Waals surface area contributed by atoms with Gasteiger partial charge in [-0.3, -0.25) is 0 Å². The lowest BCUT2D eigenvalue weighted by Crippen LogP contribution is -2.35. The van der Waals surface area contributed by atoms with E-state index in [1.807, 2.05) is 20.8 Å². The molecule has 8 heteroatoms. The summed E-state index contributed by atoms with van der Waals surface area (Å²) in [5.74, 6) is 1.51. The van der Waals surface area contributed by atoms with Gasteiger partial charge in [0.1, 0.15) is 23.7 Å². The third-order valence-electron chi connectivity index (χ3n) is 4.93. The van der Waals surface area contributed by atoms with Crippen molar-refractivity contribution < 1.29 is 32.2 Å². The fourth-order valence-electron chi connectivity index (χ4n) is 3.26. The number of rotatable bonds is 6. The number of amides is 1. The van der Waals surface area contributed by atoms with Gasteiger partial charge in [0.05, 0.1) is 12.2 Å². The Morgan fingerprint density at radius 2 is 1.56 bits per heavy atom. The van der Waals surface area contributed by atoms with Crippen LogP contribution in [0.1, 0.15) is 38.3 Å². The summed E-state index contributed by atoms with van der Waals surface area (Å²) in [7, 11) is 0. The SMILES string of the molecule is CC(C)(C)OC(=O)N1CCC(COc2ccc(OCc3ccc(C(F)(F)F)cc3)cc2)C1. The van der Waals surface area contributed by atoms with Crippen molar-refractivity contribution in [2.24, 2.45) is 5.92 Å². The van der Waals surface area contributed by atoms with Crippen molar-refractivity contribution in [3.63, 3.8) is 0 Å². The van der Waals surface area contributed by atoms with Gasteiger partial charge in [-0.1, -0.05) is 12.1 Å². The van der Waals surface area contributed by atoms with Crippen LogP contribution in [0.2, 0.25) is 0 Å². The van der Waals surface area contributed by atoms with Crippen LogP contribution in [0.15, 0.2) is 48.5 Å². The number of alkyl halides is 3. The van der Waals surface area contributed by atoms with E-state index in [-0.39, 0.29) is 18.6 Å². The molecule has 32 heavy (non-hydrogen) atoms. The van der Waals surface area contributed by atoms with Gasteiger partial charge in [0.15, 0.2) is 0 Å². The highest BCUT2D eigenvalue weighted by Crippen LogP contribution is 2.29. The van der Waals surface area contributed by atoms with E-state index in [0.717, 1.165) is 18.6 Å². The summed E-state index contributed by atoms with van der Waals surface area (Å²) in [6.07, 6.45) is -3.79. The molecule has 1 unspecified atom stereocenters. The van der Waals surface area contributed by atoms with Gasteiger partial charge in [-0.15, -0.1) is 0 Å². The first-order chi connectivity index (χ1) is 15.0. The highest BCUT2D eigenvalue weighted by Gasteiger charge is 2.30. The average molecular weight is 451 g/mol. The molecule has 174 valence electrons. The molecular formula is C24H28F3NO4. The van der Waals surface area contributed by atoms with Crippen LogP contribution in [0.3, 0.4) is 0 Å². The predicted octanol–water partition coefficient (Wildman–Crippen LogP) is 5.92. The van der Waals surface area contributed by atoms with E-state index in [9.17, 15) is 18.0 Å². The van der Waals surface area contributed by atoms with Crippen molar-refractivity contribution >= 4 is 6.09 Å². The molecule has 0 N–H and O–H groups in total. The molecule has 1 heterocycles. The maximum atomic E-state index is 12.6. The molecule has 1 aliphatic rings. The largest absolute Gasteiger partial charge is 0.493 e. The lowest BCUT2D eigenvalue weighted by molar-refractivity contribution is -0.137. The first kappa shape index (κ1) is 23.8. The van der Waals surface area contributed by atoms with Crippen LogP contribution >= 0.6 is 0 Å². The molecule has 3 rings (SSSR count). The Hall–Kier alpha value is -2.90. The number of benzene rings is 2. The summed E-state index contributed by atoms with van der Waals surface area (Å²) in [4.78, 5) is 13.8. The topological polar surface area (TPSA) is 48.0 Å². The quantitative estimate of drug-likeness (QED) is 0.547. The summed E-state index contributed by atoms with van der Waals surface area (Å²) in [5, 5.41) is 0. The first-order valence-corrected chi connectivity index (χ1v) is 10.5. The zero-order chi connectivity index (χ0) is 23.4. The van der Waals surface area contributed by atoms with Gasteiger partial charge in [0, 0.05) is 19.0 Å². The molecule has 0 bridgehead atoms. The van der Waals surface area contributed by atoms with Crippen molar-refractivity contribution in [2.75, 3.05) is 19.7 Å². The van der Waals surface area contributed by atoms with Crippen LogP contribution in [0.4, 0.5) is 18.0 Å². The zero-order valence-electron chi connectivity index (χ0n) is 18.4. The second kappa shape index (κ2) is 9.71. The second-order valence-corrected chi connectivity index (χ2v) is 8.85. The zero-order valence-corrected chi connectivity index (χ0v) is 18.4. The number of ether oxygens (including phenoxy) is 3. The van der Waals surface area contributed by atoms with Gasteiger partial charge in [-0.2, -0.15) is 13.2 Å². The first-order valence-electron chi connectivity index (χ1n) is 10.5. The predicted molar refractivity (Wildman–Crippen MR) is 114 cm³/mol. The van der Waals surface area contributed by atoms with Gasteiger partial charge in [0.2, 0.25) is 0 Å². The van der Waals surface area contributed by atoms with Gasteiger partial charge < -0.3 is 19.1 Å². The molecule has 1 atom stereocenters. The van der Waals surface area contributed by atoms with Crippen molar-refractivity contribution in [3.05, 3.63) is 59.7 Å². The van der Waals surface area contributed by atoms with Gasteiger partial charge in [-0.25, -0.2) is 4.79 Å². The molecule has 0 saturated carbocycles. The Balaban J connectivity index is 1.42. The molecule has 1 fully saturated rings. The van der Waals surface area contributed by atoms with E-state index in [0.29, 0.717) is 36.8 Å². The Labute approximate surface area is 186 Å². The molecule has 2 aromatic carbocycles. The Bertz CT molecular complexity index is 889. The Morgan fingerprint density at radius 3 is 2.12 bits per heavy atom. The Kier molecular flexibility index (Phi) is 7.21.